The molecule has 5 nitrogen and oxygen atoms in total. The summed E-state index contributed by atoms with van der Waals surface area (Å²) in [5.41, 5.74) is 2.24. The lowest BCUT2D eigenvalue weighted by molar-refractivity contribution is 0.0718. The van der Waals surface area contributed by atoms with Crippen molar-refractivity contribution in [2.75, 3.05) is 0 Å². The van der Waals surface area contributed by atoms with Gasteiger partial charge in [0, 0.05) is 6.21 Å². The van der Waals surface area contributed by atoms with Gasteiger partial charge in [-0.15, -0.1) is 0 Å². The molecule has 0 saturated carbocycles. The van der Waals surface area contributed by atoms with Gasteiger partial charge < -0.3 is 4.74 Å². The maximum atomic E-state index is 13.3. The predicted octanol–water partition coefficient (Wildman–Crippen LogP) is 3.17. The van der Waals surface area contributed by atoms with Crippen molar-refractivity contribution >= 4 is 18.0 Å². The lowest BCUT2D eigenvalue weighted by Crippen LogP contribution is -2.12. The van der Waals surface area contributed by atoms with E-state index in [9.17, 15) is 9.18 Å². The van der Waals surface area contributed by atoms with Crippen molar-refractivity contribution in [1.82, 2.24) is 9.97 Å². The Morgan fingerprint density at radius 3 is 2.81 bits per heavy atom. The molecule has 0 atom stereocenters. The van der Waals surface area contributed by atoms with E-state index in [1.54, 1.807) is 13.0 Å². The van der Waals surface area contributed by atoms with Crippen molar-refractivity contribution in [3.8, 4) is 6.01 Å². The summed E-state index contributed by atoms with van der Waals surface area (Å²) in [7, 11) is 0. The van der Waals surface area contributed by atoms with E-state index in [0.717, 1.165) is 17.3 Å². The van der Waals surface area contributed by atoms with Crippen LogP contribution >= 0.6 is 0 Å². The molecule has 0 aliphatic heterocycles. The summed E-state index contributed by atoms with van der Waals surface area (Å²) in [4.78, 5) is 23.2. The van der Waals surface area contributed by atoms with Gasteiger partial charge in [0.2, 0.25) is 0 Å². The molecule has 2 aromatic rings. The number of aromatic nitrogens is 2. The van der Waals surface area contributed by atoms with Crippen LogP contribution in [0.5, 0.6) is 6.01 Å². The van der Waals surface area contributed by atoms with Crippen LogP contribution in [-0.4, -0.2) is 22.2 Å². The Hall–Kier alpha value is -2.63. The second-order valence-corrected chi connectivity index (χ2v) is 4.42. The zero-order valence-corrected chi connectivity index (χ0v) is 11.9. The molecule has 2 rings (SSSR count). The highest BCUT2D eigenvalue weighted by atomic mass is 19.1. The summed E-state index contributed by atoms with van der Waals surface area (Å²) in [6, 6.07) is 5.11. The molecule has 0 amide bonds. The molecular weight excluding hydrogens is 273 g/mol. The van der Waals surface area contributed by atoms with E-state index in [-0.39, 0.29) is 11.8 Å². The van der Waals surface area contributed by atoms with Crippen LogP contribution in [-0.2, 0) is 0 Å². The van der Waals surface area contributed by atoms with Crippen LogP contribution < -0.4 is 4.74 Å². The number of hydrogen-bond donors (Lipinski definition) is 0. The molecule has 0 aliphatic rings. The fraction of sp³-hybridized carbons (Fsp3) is 0.200. The first-order valence-electron chi connectivity index (χ1n) is 6.32. The van der Waals surface area contributed by atoms with Crippen molar-refractivity contribution in [2.45, 2.75) is 20.8 Å². The Morgan fingerprint density at radius 2 is 2.14 bits per heavy atom. The van der Waals surface area contributed by atoms with Crippen LogP contribution in [0.15, 0.2) is 29.4 Å². The highest BCUT2D eigenvalue weighted by molar-refractivity contribution is 5.92. The monoisotopic (exact) mass is 287 g/mol. The largest absolute Gasteiger partial charge is 0.387 e. The van der Waals surface area contributed by atoms with Gasteiger partial charge in [0.1, 0.15) is 0 Å². The Bertz CT molecular complexity index is 714. The van der Waals surface area contributed by atoms with Crippen LogP contribution in [0.1, 0.15) is 28.4 Å². The Morgan fingerprint density at radius 1 is 1.38 bits per heavy atom. The van der Waals surface area contributed by atoms with Crippen LogP contribution in [0.3, 0.4) is 0 Å². The molecule has 21 heavy (non-hydrogen) atoms. The van der Waals surface area contributed by atoms with E-state index in [0.29, 0.717) is 5.56 Å². The molecule has 1 aromatic carbocycles. The topological polar surface area (TPSA) is 64.4 Å². The quantitative estimate of drug-likeness (QED) is 0.642. The lowest BCUT2D eigenvalue weighted by Gasteiger charge is -2.06. The number of aliphatic imine (C=N–C) groups is 1. The predicted molar refractivity (Wildman–Crippen MR) is 76.7 cm³/mol. The van der Waals surface area contributed by atoms with Gasteiger partial charge in [0.25, 0.3) is 0 Å². The maximum Gasteiger partial charge on any atom is 0.346 e. The van der Waals surface area contributed by atoms with Gasteiger partial charge in [-0.3, -0.25) is 0 Å². The highest BCUT2D eigenvalue weighted by Gasteiger charge is 2.14. The summed E-state index contributed by atoms with van der Waals surface area (Å²) < 4.78 is 18.4. The molecule has 0 spiro atoms. The molecule has 0 aliphatic carbocycles. The normalized spacial score (nSPS) is 10.9. The third-order valence-corrected chi connectivity index (χ3v) is 2.74. The number of nitrogens with zero attached hydrogens (tertiary/aromatic N) is 3. The Labute approximate surface area is 121 Å². The first-order chi connectivity index (χ1) is 10.0. The second kappa shape index (κ2) is 6.21. The van der Waals surface area contributed by atoms with Crippen molar-refractivity contribution in [3.05, 3.63) is 46.9 Å². The van der Waals surface area contributed by atoms with Gasteiger partial charge in [0.05, 0.1) is 11.8 Å². The number of halogens is 1. The van der Waals surface area contributed by atoms with Crippen LogP contribution in [0.25, 0.3) is 0 Å². The summed E-state index contributed by atoms with van der Waals surface area (Å²) in [5.74, 6) is -1.44. The third-order valence-electron chi connectivity index (χ3n) is 2.74. The van der Waals surface area contributed by atoms with Gasteiger partial charge >= 0.3 is 12.0 Å². The number of rotatable bonds is 3. The maximum absolute atomic E-state index is 13.3. The van der Waals surface area contributed by atoms with Gasteiger partial charge in [-0.05, 0) is 32.4 Å². The van der Waals surface area contributed by atoms with Crippen LogP contribution in [0, 0.1) is 19.7 Å². The number of ether oxygens (including phenoxy) is 1. The zero-order valence-electron chi connectivity index (χ0n) is 11.9. The number of esters is 1. The first kappa shape index (κ1) is 14.8. The minimum atomic E-state index is -0.681. The highest BCUT2D eigenvalue weighted by Crippen LogP contribution is 2.18. The average molecular weight is 287 g/mol. The smallest absolute Gasteiger partial charge is 0.346 e. The molecule has 108 valence electrons. The minimum absolute atomic E-state index is 0.170. The number of carbonyl (C=O) groups excluding carboxylic acids is 1. The average Bonchev–Trinajstić information content (AvgIpc) is 2.42. The van der Waals surface area contributed by atoms with E-state index in [4.69, 9.17) is 4.74 Å². The minimum Gasteiger partial charge on any atom is -0.387 e. The van der Waals surface area contributed by atoms with Crippen molar-refractivity contribution in [2.24, 2.45) is 4.99 Å². The fourth-order valence-corrected chi connectivity index (χ4v) is 1.78. The van der Waals surface area contributed by atoms with E-state index >= 15 is 0 Å². The van der Waals surface area contributed by atoms with Crippen LogP contribution in [0.4, 0.5) is 10.2 Å². The van der Waals surface area contributed by atoms with Crippen molar-refractivity contribution in [1.29, 1.82) is 0 Å². The van der Waals surface area contributed by atoms with E-state index < -0.39 is 11.8 Å². The second-order valence-electron chi connectivity index (χ2n) is 4.42. The van der Waals surface area contributed by atoms with Gasteiger partial charge in [0.15, 0.2) is 11.6 Å². The van der Waals surface area contributed by atoms with E-state index in [1.807, 2.05) is 26.0 Å². The molecule has 0 fully saturated rings. The molecule has 0 N–H and O–H groups in total. The lowest BCUT2D eigenvalue weighted by atomic mass is 10.1. The molecule has 0 saturated heterocycles. The summed E-state index contributed by atoms with van der Waals surface area (Å²) in [5, 5.41) is 0. The molecule has 6 heteroatoms. The van der Waals surface area contributed by atoms with Crippen molar-refractivity contribution in [3.63, 3.8) is 0 Å². The number of hydrogen-bond acceptors (Lipinski definition) is 5. The standard InChI is InChI=1S/C15H14FN3O2/c1-4-17-13-12(16)8-18-15(19-13)21-14(20)11-6-5-9(2)7-10(11)3/h4-8H,1-3H3/b17-4+. The summed E-state index contributed by atoms with van der Waals surface area (Å²) >= 11 is 0. The molecule has 1 aromatic heterocycles. The molecule has 1 heterocycles. The van der Waals surface area contributed by atoms with E-state index in [1.165, 1.54) is 6.21 Å². The summed E-state index contributed by atoms with van der Waals surface area (Å²) in [6.07, 6.45) is 2.31. The Kier molecular flexibility index (Phi) is 4.37. The number of carbonyl (C=O) groups is 1. The van der Waals surface area contributed by atoms with Crippen LogP contribution in [0.2, 0.25) is 0 Å². The van der Waals surface area contributed by atoms with Gasteiger partial charge in [-0.2, -0.15) is 4.98 Å². The molecule has 0 radical (unpaired) electrons. The fourth-order valence-electron chi connectivity index (χ4n) is 1.78. The van der Waals surface area contributed by atoms with E-state index in [2.05, 4.69) is 15.0 Å². The van der Waals surface area contributed by atoms with Gasteiger partial charge in [-0.25, -0.2) is 19.2 Å². The number of benzene rings is 1. The zero-order chi connectivity index (χ0) is 15.4. The third kappa shape index (κ3) is 3.47. The molecule has 0 bridgehead atoms. The van der Waals surface area contributed by atoms with Gasteiger partial charge in [-0.1, -0.05) is 17.7 Å². The SMILES string of the molecule is C/C=N/c1nc(OC(=O)c2ccc(C)cc2C)ncc1F. The first-order valence-corrected chi connectivity index (χ1v) is 6.32. The molecular formula is C15H14FN3O2. The molecule has 0 unspecified atom stereocenters. The Balaban J connectivity index is 2.25. The summed E-state index contributed by atoms with van der Waals surface area (Å²) in [6.45, 7) is 5.37. The van der Waals surface area contributed by atoms with Crippen molar-refractivity contribution < 1.29 is 13.9 Å². The number of aryl methyl sites for hydroxylation is 2.